The van der Waals surface area contributed by atoms with Crippen LogP contribution in [0.1, 0.15) is 21.7 Å². The topological polar surface area (TPSA) is 129 Å². The number of carbonyl (C=O) groups is 2. The van der Waals surface area contributed by atoms with Crippen LogP contribution in [0.5, 0.6) is 5.75 Å². The smallest absolute Gasteiger partial charge is 0.335 e. The van der Waals surface area contributed by atoms with Crippen molar-refractivity contribution in [1.29, 1.82) is 5.41 Å². The highest BCUT2D eigenvalue weighted by atomic mass is 32.2. The number of aryl methyl sites for hydroxylation is 1. The Labute approximate surface area is 203 Å². The first-order valence-electron chi connectivity index (χ1n) is 10.5. The third-order valence-electron chi connectivity index (χ3n) is 5.27. The van der Waals surface area contributed by atoms with Crippen LogP contribution in [0.4, 0.5) is 0 Å². The van der Waals surface area contributed by atoms with E-state index in [0.717, 1.165) is 11.3 Å². The van der Waals surface area contributed by atoms with Crippen molar-refractivity contribution >= 4 is 45.8 Å². The van der Waals surface area contributed by atoms with Gasteiger partial charge in [0.05, 0.1) is 11.1 Å². The van der Waals surface area contributed by atoms with E-state index in [1.54, 1.807) is 24.3 Å². The number of benzene rings is 2. The number of carboxylic acid groups (broad SMARTS) is 1. The van der Waals surface area contributed by atoms with Gasteiger partial charge in [-0.15, -0.1) is 0 Å². The first kappa shape index (κ1) is 22.4. The van der Waals surface area contributed by atoms with Crippen molar-refractivity contribution in [1.82, 2.24) is 5.01 Å². The molecular weight excluding hydrogens is 468 g/mol. The minimum Gasteiger partial charge on any atom is -0.486 e. The van der Waals surface area contributed by atoms with Crippen molar-refractivity contribution in [3.63, 3.8) is 0 Å². The number of carboxylic acids is 1. The predicted octanol–water partition coefficient (Wildman–Crippen LogP) is 4.65. The molecule has 2 aliphatic heterocycles. The lowest BCUT2D eigenvalue weighted by Crippen LogP contribution is -2.35. The SMILES string of the molecule is Cc1ccccc1OCC1=NN2C(=N)/C(=C/c3ccc(-c4ccc(C(=O)O)cc4)o3)C(=O)N=C2S1. The van der Waals surface area contributed by atoms with E-state index in [4.69, 9.17) is 19.7 Å². The zero-order valence-corrected chi connectivity index (χ0v) is 19.2. The van der Waals surface area contributed by atoms with Crippen LogP contribution in [0, 0.1) is 12.3 Å². The average molecular weight is 487 g/mol. The molecule has 0 saturated carbocycles. The number of amidine groups is 2. The molecule has 3 aromatic rings. The maximum atomic E-state index is 12.6. The van der Waals surface area contributed by atoms with Gasteiger partial charge in [0.2, 0.25) is 5.17 Å². The molecule has 0 fully saturated rings. The fraction of sp³-hybridized carbons (Fsp3) is 0.0800. The second-order valence-corrected chi connectivity index (χ2v) is 8.69. The van der Waals surface area contributed by atoms with Crippen LogP contribution in [0.3, 0.4) is 0 Å². The Hall–Kier alpha value is -4.44. The molecule has 35 heavy (non-hydrogen) atoms. The monoisotopic (exact) mass is 486 g/mol. The van der Waals surface area contributed by atoms with Gasteiger partial charge in [0.1, 0.15) is 28.9 Å². The van der Waals surface area contributed by atoms with E-state index in [9.17, 15) is 9.59 Å². The molecule has 0 atom stereocenters. The fourth-order valence-electron chi connectivity index (χ4n) is 3.45. The van der Waals surface area contributed by atoms with Gasteiger partial charge in [0.15, 0.2) is 5.84 Å². The number of hydrazone groups is 1. The van der Waals surface area contributed by atoms with Gasteiger partial charge in [-0.3, -0.25) is 10.2 Å². The minimum atomic E-state index is -1.01. The third kappa shape index (κ3) is 4.51. The zero-order valence-electron chi connectivity index (χ0n) is 18.4. The lowest BCUT2D eigenvalue weighted by molar-refractivity contribution is -0.114. The molecule has 174 valence electrons. The van der Waals surface area contributed by atoms with Gasteiger partial charge < -0.3 is 14.3 Å². The van der Waals surface area contributed by atoms with E-state index in [2.05, 4.69) is 10.1 Å². The van der Waals surface area contributed by atoms with Crippen LogP contribution in [-0.4, -0.2) is 44.6 Å². The first-order chi connectivity index (χ1) is 16.9. The number of fused-ring (bicyclic) bond motifs is 1. The molecule has 0 aliphatic carbocycles. The molecule has 0 bridgehead atoms. The maximum absolute atomic E-state index is 12.6. The number of nitrogens with one attached hydrogen (secondary N) is 1. The van der Waals surface area contributed by atoms with Crippen molar-refractivity contribution in [2.75, 3.05) is 6.61 Å². The normalized spacial score (nSPS) is 16.3. The first-order valence-corrected chi connectivity index (χ1v) is 11.3. The Balaban J connectivity index is 1.33. The third-order valence-corrected chi connectivity index (χ3v) is 6.15. The van der Waals surface area contributed by atoms with Crippen LogP contribution in [0.15, 0.2) is 80.7 Å². The molecule has 0 radical (unpaired) electrons. The summed E-state index contributed by atoms with van der Waals surface area (Å²) < 4.78 is 11.6. The molecule has 2 N–H and O–H groups in total. The second-order valence-electron chi connectivity index (χ2n) is 7.65. The molecule has 0 spiro atoms. The largest absolute Gasteiger partial charge is 0.486 e. The summed E-state index contributed by atoms with van der Waals surface area (Å²) >= 11 is 1.19. The molecule has 9 nitrogen and oxygen atoms in total. The molecule has 0 saturated heterocycles. The Bertz CT molecular complexity index is 1450. The van der Waals surface area contributed by atoms with E-state index >= 15 is 0 Å². The number of rotatable bonds is 6. The van der Waals surface area contributed by atoms with E-state index in [0.29, 0.717) is 27.3 Å². The summed E-state index contributed by atoms with van der Waals surface area (Å²) in [5.41, 5.74) is 1.89. The van der Waals surface area contributed by atoms with Gasteiger partial charge >= 0.3 is 5.97 Å². The Kier molecular flexibility index (Phi) is 5.79. The molecule has 2 aliphatic rings. The second kappa shape index (κ2) is 9.07. The van der Waals surface area contributed by atoms with Gasteiger partial charge in [0, 0.05) is 5.56 Å². The average Bonchev–Trinajstić information content (AvgIpc) is 3.48. The van der Waals surface area contributed by atoms with E-state index in [1.807, 2.05) is 31.2 Å². The van der Waals surface area contributed by atoms with Gasteiger partial charge in [0.25, 0.3) is 5.91 Å². The van der Waals surface area contributed by atoms with Gasteiger partial charge in [-0.05, 0) is 60.7 Å². The Morgan fingerprint density at radius 1 is 1.17 bits per heavy atom. The number of aromatic carboxylic acids is 1. The molecule has 1 aromatic heterocycles. The van der Waals surface area contributed by atoms with Crippen molar-refractivity contribution < 1.29 is 23.8 Å². The summed E-state index contributed by atoms with van der Waals surface area (Å²) in [6.07, 6.45) is 1.45. The highest BCUT2D eigenvalue weighted by Gasteiger charge is 2.36. The van der Waals surface area contributed by atoms with Crippen molar-refractivity contribution in [2.24, 2.45) is 10.1 Å². The number of thioether (sulfide) groups is 1. The van der Waals surface area contributed by atoms with Crippen LogP contribution >= 0.6 is 11.8 Å². The van der Waals surface area contributed by atoms with Crippen molar-refractivity contribution in [2.45, 2.75) is 6.92 Å². The Morgan fingerprint density at radius 2 is 1.94 bits per heavy atom. The maximum Gasteiger partial charge on any atom is 0.335 e. The number of aliphatic imine (C=N–C) groups is 1. The van der Waals surface area contributed by atoms with Crippen LogP contribution < -0.4 is 4.74 Å². The minimum absolute atomic E-state index is 0.0429. The summed E-state index contributed by atoms with van der Waals surface area (Å²) in [6, 6.07) is 17.2. The summed E-state index contributed by atoms with van der Waals surface area (Å²) in [5, 5.41) is 24.1. The highest BCUT2D eigenvalue weighted by molar-refractivity contribution is 8.27. The summed E-state index contributed by atoms with van der Waals surface area (Å²) in [7, 11) is 0. The molecule has 10 heteroatoms. The number of hydrogen-bond donors (Lipinski definition) is 2. The van der Waals surface area contributed by atoms with Crippen LogP contribution in [0.25, 0.3) is 17.4 Å². The number of furan rings is 1. The number of ether oxygens (including phenoxy) is 1. The standard InChI is InChI=1S/C25H18N4O5S/c1-14-4-2-3-5-19(14)33-13-21-28-29-22(26)18(23(30)27-25(29)35-21)12-17-10-11-20(34-17)15-6-8-16(9-7-15)24(31)32/h2-12,26H,13H2,1H3,(H,31,32)/b18-12-,26-22?. The molecule has 1 amide bonds. The van der Waals surface area contributed by atoms with Crippen molar-refractivity contribution in [3.05, 3.63) is 83.1 Å². The van der Waals surface area contributed by atoms with Gasteiger partial charge in [-0.2, -0.15) is 15.1 Å². The molecule has 2 aromatic carbocycles. The zero-order chi connectivity index (χ0) is 24.5. The van der Waals surface area contributed by atoms with E-state index in [-0.39, 0.29) is 23.6 Å². The number of carbonyl (C=O) groups excluding carboxylic acids is 1. The number of para-hydroxylation sites is 1. The van der Waals surface area contributed by atoms with Crippen molar-refractivity contribution in [3.8, 4) is 17.1 Å². The summed E-state index contributed by atoms with van der Waals surface area (Å²) in [5.74, 6) is -0.0917. The number of hydrogen-bond acceptors (Lipinski definition) is 7. The highest BCUT2D eigenvalue weighted by Crippen LogP contribution is 2.30. The lowest BCUT2D eigenvalue weighted by Gasteiger charge is -2.19. The van der Waals surface area contributed by atoms with Gasteiger partial charge in [-0.25, -0.2) is 4.79 Å². The lowest BCUT2D eigenvalue weighted by atomic mass is 10.1. The van der Waals surface area contributed by atoms with Crippen LogP contribution in [-0.2, 0) is 4.79 Å². The summed E-state index contributed by atoms with van der Waals surface area (Å²) in [4.78, 5) is 27.8. The molecule has 3 heterocycles. The number of nitrogens with zero attached hydrogens (tertiary/aromatic N) is 3. The Morgan fingerprint density at radius 3 is 2.69 bits per heavy atom. The molecule has 0 unspecified atom stereocenters. The van der Waals surface area contributed by atoms with Crippen LogP contribution in [0.2, 0.25) is 0 Å². The quantitative estimate of drug-likeness (QED) is 0.485. The fourth-order valence-corrected chi connectivity index (χ4v) is 4.25. The van der Waals surface area contributed by atoms with E-state index in [1.165, 1.54) is 35.0 Å². The predicted molar refractivity (Wildman–Crippen MR) is 133 cm³/mol. The number of amides is 1. The van der Waals surface area contributed by atoms with Gasteiger partial charge in [-0.1, -0.05) is 30.3 Å². The van der Waals surface area contributed by atoms with E-state index < -0.39 is 11.9 Å². The summed E-state index contributed by atoms with van der Waals surface area (Å²) in [6.45, 7) is 2.14. The molecule has 5 rings (SSSR count). The molecular formula is C25H18N4O5S.